The van der Waals surface area contributed by atoms with E-state index >= 15 is 0 Å². The second kappa shape index (κ2) is 6.01. The summed E-state index contributed by atoms with van der Waals surface area (Å²) in [6, 6.07) is 0.342. The van der Waals surface area contributed by atoms with Crippen LogP contribution in [-0.2, 0) is 11.3 Å². The molecule has 1 aromatic rings. The number of hydrogen-bond acceptors (Lipinski definition) is 4. The molecule has 1 saturated heterocycles. The number of aromatic nitrogens is 1. The van der Waals surface area contributed by atoms with Crippen LogP contribution in [0.1, 0.15) is 37.0 Å². The smallest absolute Gasteiger partial charge is 0.223 e. The van der Waals surface area contributed by atoms with Gasteiger partial charge in [0.2, 0.25) is 5.91 Å². The molecule has 2 aliphatic rings. The number of hydrogen-bond donors (Lipinski definition) is 1. The summed E-state index contributed by atoms with van der Waals surface area (Å²) in [6.45, 7) is 3.09. The number of nitrogens with zero attached hydrogens (tertiary/aromatic N) is 2. The van der Waals surface area contributed by atoms with Gasteiger partial charge < -0.3 is 5.32 Å². The number of piperidine rings is 1. The van der Waals surface area contributed by atoms with Crippen molar-refractivity contribution < 1.29 is 4.79 Å². The average Bonchev–Trinajstić information content (AvgIpc) is 2.79. The number of carbonyl (C=O) groups excluding carboxylic acids is 1. The van der Waals surface area contributed by atoms with Crippen molar-refractivity contribution in [1.82, 2.24) is 15.2 Å². The normalized spacial score (nSPS) is 24.9. The van der Waals surface area contributed by atoms with Gasteiger partial charge in [-0.15, -0.1) is 11.3 Å². The maximum atomic E-state index is 12.0. The van der Waals surface area contributed by atoms with Crippen LogP contribution < -0.4 is 5.32 Å². The van der Waals surface area contributed by atoms with Crippen LogP contribution in [0.2, 0.25) is 0 Å². The Kier molecular flexibility index (Phi) is 4.13. The Morgan fingerprint density at radius 1 is 1.42 bits per heavy atom. The number of rotatable bonds is 4. The molecule has 1 aliphatic heterocycles. The molecule has 5 heteroatoms. The number of likely N-dealkylation sites (tertiary alicyclic amines) is 1. The minimum atomic E-state index is 0.288. The van der Waals surface area contributed by atoms with Crippen LogP contribution in [0.15, 0.2) is 11.7 Å². The molecule has 4 nitrogen and oxygen atoms in total. The molecule has 0 radical (unpaired) electrons. The molecule has 0 aromatic carbocycles. The molecule has 1 N–H and O–H groups in total. The summed E-state index contributed by atoms with van der Waals surface area (Å²) >= 11 is 1.71. The zero-order valence-electron chi connectivity index (χ0n) is 11.2. The molecule has 1 amide bonds. The van der Waals surface area contributed by atoms with Crippen molar-refractivity contribution in [2.75, 3.05) is 13.1 Å². The van der Waals surface area contributed by atoms with Gasteiger partial charge in [0, 0.05) is 36.1 Å². The highest BCUT2D eigenvalue weighted by Crippen LogP contribution is 2.26. The Labute approximate surface area is 118 Å². The molecule has 1 aliphatic carbocycles. The van der Waals surface area contributed by atoms with Crippen LogP contribution >= 0.6 is 11.3 Å². The van der Waals surface area contributed by atoms with Crippen LogP contribution in [0.4, 0.5) is 0 Å². The van der Waals surface area contributed by atoms with E-state index < -0.39 is 0 Å². The highest BCUT2D eigenvalue weighted by atomic mass is 32.1. The first-order chi connectivity index (χ1) is 9.31. The third kappa shape index (κ3) is 3.34. The van der Waals surface area contributed by atoms with Crippen molar-refractivity contribution in [3.63, 3.8) is 0 Å². The minimum absolute atomic E-state index is 0.288. The maximum Gasteiger partial charge on any atom is 0.223 e. The quantitative estimate of drug-likeness (QED) is 0.917. The lowest BCUT2D eigenvalue weighted by Crippen LogP contribution is -2.49. The number of amides is 1. The van der Waals surface area contributed by atoms with Gasteiger partial charge in [-0.05, 0) is 32.2 Å². The zero-order valence-corrected chi connectivity index (χ0v) is 12.0. The van der Waals surface area contributed by atoms with Gasteiger partial charge in [-0.25, -0.2) is 0 Å². The lowest BCUT2D eigenvalue weighted by atomic mass is 9.84. The Morgan fingerprint density at radius 2 is 2.32 bits per heavy atom. The predicted octanol–water partition coefficient (Wildman–Crippen LogP) is 2.02. The Hall–Kier alpha value is -0.940. The highest BCUT2D eigenvalue weighted by molar-refractivity contribution is 7.09. The van der Waals surface area contributed by atoms with Crippen LogP contribution in [0, 0.1) is 5.92 Å². The fourth-order valence-corrected chi connectivity index (χ4v) is 3.48. The molecule has 104 valence electrons. The van der Waals surface area contributed by atoms with Crippen LogP contribution in [0.5, 0.6) is 0 Å². The first-order valence-corrected chi connectivity index (χ1v) is 8.09. The summed E-state index contributed by atoms with van der Waals surface area (Å²) in [5.74, 6) is 0.591. The molecular formula is C14H21N3OS. The Bertz CT molecular complexity index is 416. The molecule has 19 heavy (non-hydrogen) atoms. The first-order valence-electron chi connectivity index (χ1n) is 7.21. The van der Waals surface area contributed by atoms with E-state index in [9.17, 15) is 4.79 Å². The molecule has 1 aromatic heterocycles. The third-order valence-corrected chi connectivity index (χ3v) is 4.96. The Morgan fingerprint density at radius 3 is 3.00 bits per heavy atom. The summed E-state index contributed by atoms with van der Waals surface area (Å²) in [5.41, 5.74) is 1.88. The van der Waals surface area contributed by atoms with E-state index in [-0.39, 0.29) is 5.91 Å². The van der Waals surface area contributed by atoms with Crippen molar-refractivity contribution >= 4 is 17.2 Å². The molecule has 0 bridgehead atoms. The molecule has 1 atom stereocenters. The molecule has 1 saturated carbocycles. The topological polar surface area (TPSA) is 45.2 Å². The Balaban J connectivity index is 1.48. The van der Waals surface area contributed by atoms with E-state index in [1.165, 1.54) is 17.7 Å². The second-order valence-corrected chi connectivity index (χ2v) is 6.65. The van der Waals surface area contributed by atoms with E-state index in [4.69, 9.17) is 0 Å². The van der Waals surface area contributed by atoms with Gasteiger partial charge in [0.1, 0.15) is 0 Å². The fraction of sp³-hybridized carbons (Fsp3) is 0.714. The van der Waals surface area contributed by atoms with Crippen molar-refractivity contribution in [3.05, 3.63) is 16.6 Å². The van der Waals surface area contributed by atoms with Crippen molar-refractivity contribution in [2.24, 2.45) is 5.92 Å². The van der Waals surface area contributed by atoms with Gasteiger partial charge in [0.05, 0.1) is 5.51 Å². The predicted molar refractivity (Wildman–Crippen MR) is 75.9 cm³/mol. The molecule has 2 heterocycles. The lowest BCUT2D eigenvalue weighted by Gasteiger charge is -2.34. The van der Waals surface area contributed by atoms with Crippen LogP contribution in [0.25, 0.3) is 0 Å². The van der Waals surface area contributed by atoms with Gasteiger partial charge in [-0.3, -0.25) is 14.7 Å². The number of thiazole rings is 1. The van der Waals surface area contributed by atoms with Gasteiger partial charge in [-0.2, -0.15) is 0 Å². The maximum absolute atomic E-state index is 12.0. The SMILES string of the molecule is O=C(NC1CCCN(Cc2cncs2)C1)C1CCC1. The number of carbonyl (C=O) groups is 1. The summed E-state index contributed by atoms with van der Waals surface area (Å²) in [7, 11) is 0. The largest absolute Gasteiger partial charge is 0.352 e. The fourth-order valence-electron chi connectivity index (χ4n) is 2.85. The zero-order chi connectivity index (χ0) is 13.1. The van der Waals surface area contributed by atoms with Gasteiger partial charge in [0.15, 0.2) is 0 Å². The summed E-state index contributed by atoms with van der Waals surface area (Å²) in [4.78, 5) is 19.8. The van der Waals surface area contributed by atoms with Crippen molar-refractivity contribution in [2.45, 2.75) is 44.7 Å². The standard InChI is InChI=1S/C14H21N3OS/c18-14(11-3-1-4-11)16-12-5-2-6-17(8-12)9-13-7-15-10-19-13/h7,10-12H,1-6,8-9H2,(H,16,18). The molecule has 1 unspecified atom stereocenters. The first kappa shape index (κ1) is 13.1. The third-order valence-electron chi connectivity index (χ3n) is 4.19. The summed E-state index contributed by atoms with van der Waals surface area (Å²) in [5, 5.41) is 3.24. The monoisotopic (exact) mass is 279 g/mol. The van der Waals surface area contributed by atoms with Gasteiger partial charge in [-0.1, -0.05) is 6.42 Å². The second-order valence-electron chi connectivity index (χ2n) is 5.68. The lowest BCUT2D eigenvalue weighted by molar-refractivity contribution is -0.128. The van der Waals surface area contributed by atoms with E-state index in [1.807, 2.05) is 11.7 Å². The van der Waals surface area contributed by atoms with E-state index in [0.717, 1.165) is 38.9 Å². The molecule has 2 fully saturated rings. The van der Waals surface area contributed by atoms with Gasteiger partial charge in [0.25, 0.3) is 0 Å². The summed E-state index contributed by atoms with van der Waals surface area (Å²) < 4.78 is 0. The highest BCUT2D eigenvalue weighted by Gasteiger charge is 2.28. The van der Waals surface area contributed by atoms with Crippen molar-refractivity contribution in [1.29, 1.82) is 0 Å². The summed E-state index contributed by atoms with van der Waals surface area (Å²) in [6.07, 6.45) is 7.64. The molecule has 3 rings (SSSR count). The average molecular weight is 279 g/mol. The van der Waals surface area contributed by atoms with Crippen molar-refractivity contribution in [3.8, 4) is 0 Å². The molecule has 0 spiro atoms. The van der Waals surface area contributed by atoms with Crippen LogP contribution in [-0.4, -0.2) is 34.9 Å². The number of nitrogens with one attached hydrogen (secondary N) is 1. The van der Waals surface area contributed by atoms with Gasteiger partial charge >= 0.3 is 0 Å². The van der Waals surface area contributed by atoms with E-state index in [0.29, 0.717) is 12.0 Å². The van der Waals surface area contributed by atoms with E-state index in [2.05, 4.69) is 15.2 Å². The molecular weight excluding hydrogens is 258 g/mol. The van der Waals surface area contributed by atoms with E-state index in [1.54, 1.807) is 11.3 Å². The minimum Gasteiger partial charge on any atom is -0.352 e. The van der Waals surface area contributed by atoms with Crippen LogP contribution in [0.3, 0.4) is 0 Å².